The average Bonchev–Trinajstić information content (AvgIpc) is 2.80. The first-order chi connectivity index (χ1) is 8.90. The SMILES string of the molecule is COCc1c(-c2ccccc2)[se]c2ccccc12. The van der Waals surface area contributed by atoms with Crippen molar-refractivity contribution in [1.82, 2.24) is 0 Å². The summed E-state index contributed by atoms with van der Waals surface area (Å²) in [6.07, 6.45) is 0. The van der Waals surface area contributed by atoms with Gasteiger partial charge >= 0.3 is 113 Å². The van der Waals surface area contributed by atoms with E-state index in [0.717, 1.165) is 0 Å². The van der Waals surface area contributed by atoms with Gasteiger partial charge in [0.15, 0.2) is 0 Å². The van der Waals surface area contributed by atoms with E-state index in [4.69, 9.17) is 4.74 Å². The van der Waals surface area contributed by atoms with Crippen LogP contribution < -0.4 is 0 Å². The van der Waals surface area contributed by atoms with Crippen molar-refractivity contribution in [1.29, 1.82) is 0 Å². The molecule has 0 unspecified atom stereocenters. The molecule has 3 rings (SSSR count). The second kappa shape index (κ2) is 5.11. The molecule has 1 heterocycles. The Balaban J connectivity index is 2.25. The minimum atomic E-state index is 0.395. The van der Waals surface area contributed by atoms with E-state index in [0.29, 0.717) is 21.1 Å². The zero-order valence-corrected chi connectivity index (χ0v) is 11.9. The van der Waals surface area contributed by atoms with Crippen LogP contribution >= 0.6 is 0 Å². The summed E-state index contributed by atoms with van der Waals surface area (Å²) in [7, 11) is 1.77. The normalized spacial score (nSPS) is 10.9. The molecule has 3 aromatic rings. The Kier molecular flexibility index (Phi) is 3.33. The molecular formula is C16H14OSe. The molecule has 0 saturated carbocycles. The number of rotatable bonds is 3. The number of benzene rings is 2. The number of fused-ring (bicyclic) bond motifs is 1. The Labute approximate surface area is 113 Å². The van der Waals surface area contributed by atoms with E-state index in [2.05, 4.69) is 54.6 Å². The third kappa shape index (κ3) is 2.04. The molecular weight excluding hydrogens is 287 g/mol. The van der Waals surface area contributed by atoms with Gasteiger partial charge < -0.3 is 0 Å². The van der Waals surface area contributed by atoms with Crippen LogP contribution in [0.3, 0.4) is 0 Å². The van der Waals surface area contributed by atoms with Crippen molar-refractivity contribution >= 4 is 24.1 Å². The van der Waals surface area contributed by atoms with E-state index in [9.17, 15) is 0 Å². The minimum absolute atomic E-state index is 0.395. The van der Waals surface area contributed by atoms with Gasteiger partial charge in [-0.2, -0.15) is 0 Å². The summed E-state index contributed by atoms with van der Waals surface area (Å²) in [6, 6.07) is 19.3. The Morgan fingerprint density at radius 3 is 2.44 bits per heavy atom. The number of methoxy groups -OCH3 is 1. The van der Waals surface area contributed by atoms with E-state index in [1.807, 2.05) is 0 Å². The van der Waals surface area contributed by atoms with Gasteiger partial charge in [0.1, 0.15) is 0 Å². The Morgan fingerprint density at radius 2 is 1.67 bits per heavy atom. The molecule has 1 aromatic heterocycles. The summed E-state index contributed by atoms with van der Waals surface area (Å²) in [5.74, 6) is 0. The molecule has 2 aromatic carbocycles. The molecule has 90 valence electrons. The van der Waals surface area contributed by atoms with Gasteiger partial charge in [0.25, 0.3) is 0 Å². The van der Waals surface area contributed by atoms with Gasteiger partial charge in [-0.05, 0) is 0 Å². The van der Waals surface area contributed by atoms with Crippen molar-refractivity contribution in [2.75, 3.05) is 7.11 Å². The zero-order valence-electron chi connectivity index (χ0n) is 10.2. The summed E-state index contributed by atoms with van der Waals surface area (Å²) >= 11 is 0.395. The third-order valence-corrected chi connectivity index (χ3v) is 5.67. The zero-order chi connectivity index (χ0) is 12.4. The predicted molar refractivity (Wildman–Crippen MR) is 77.0 cm³/mol. The molecule has 0 spiro atoms. The van der Waals surface area contributed by atoms with Crippen molar-refractivity contribution < 1.29 is 4.74 Å². The van der Waals surface area contributed by atoms with Gasteiger partial charge in [-0.15, -0.1) is 0 Å². The van der Waals surface area contributed by atoms with Gasteiger partial charge in [-0.1, -0.05) is 0 Å². The van der Waals surface area contributed by atoms with E-state index in [-0.39, 0.29) is 0 Å². The molecule has 0 N–H and O–H groups in total. The van der Waals surface area contributed by atoms with Crippen LogP contribution in [0.4, 0.5) is 0 Å². The van der Waals surface area contributed by atoms with Crippen molar-refractivity contribution in [3.63, 3.8) is 0 Å². The van der Waals surface area contributed by atoms with E-state index in [1.165, 1.54) is 25.2 Å². The van der Waals surface area contributed by atoms with Crippen LogP contribution in [0.25, 0.3) is 19.6 Å². The number of ether oxygens (including phenoxy) is 1. The fourth-order valence-corrected chi connectivity index (χ4v) is 4.76. The molecule has 0 saturated heterocycles. The molecule has 0 fully saturated rings. The summed E-state index contributed by atoms with van der Waals surface area (Å²) < 4.78 is 8.32. The average molecular weight is 301 g/mol. The Bertz CT molecular complexity index is 655. The first-order valence-corrected chi connectivity index (χ1v) is 7.66. The summed E-state index contributed by atoms with van der Waals surface area (Å²) in [4.78, 5) is 0. The quantitative estimate of drug-likeness (QED) is 0.670. The van der Waals surface area contributed by atoms with Gasteiger partial charge in [0.05, 0.1) is 0 Å². The van der Waals surface area contributed by atoms with Crippen LogP contribution in [-0.4, -0.2) is 21.6 Å². The maximum absolute atomic E-state index is 5.39. The van der Waals surface area contributed by atoms with Gasteiger partial charge in [-0.25, -0.2) is 0 Å². The maximum atomic E-state index is 5.39. The second-order valence-corrected chi connectivity index (χ2v) is 6.41. The van der Waals surface area contributed by atoms with Gasteiger partial charge in [0.2, 0.25) is 0 Å². The molecule has 0 aliphatic rings. The van der Waals surface area contributed by atoms with Crippen LogP contribution in [0.2, 0.25) is 0 Å². The second-order valence-electron chi connectivity index (χ2n) is 4.20. The van der Waals surface area contributed by atoms with Crippen molar-refractivity contribution in [3.8, 4) is 10.0 Å². The molecule has 0 radical (unpaired) electrons. The van der Waals surface area contributed by atoms with E-state index in [1.54, 1.807) is 7.11 Å². The summed E-state index contributed by atoms with van der Waals surface area (Å²) in [5, 5.41) is 1.37. The van der Waals surface area contributed by atoms with Crippen LogP contribution in [0.5, 0.6) is 0 Å². The van der Waals surface area contributed by atoms with Gasteiger partial charge in [-0.3, -0.25) is 0 Å². The van der Waals surface area contributed by atoms with Crippen LogP contribution in [0.1, 0.15) is 5.56 Å². The summed E-state index contributed by atoms with van der Waals surface area (Å²) in [6.45, 7) is 0.697. The molecule has 0 atom stereocenters. The van der Waals surface area contributed by atoms with Crippen molar-refractivity contribution in [2.45, 2.75) is 6.61 Å². The molecule has 0 bridgehead atoms. The molecule has 2 heteroatoms. The predicted octanol–water partition coefficient (Wildman–Crippen LogP) is 3.71. The molecule has 18 heavy (non-hydrogen) atoms. The van der Waals surface area contributed by atoms with Crippen molar-refractivity contribution in [3.05, 3.63) is 60.2 Å². The molecule has 0 aliphatic carbocycles. The van der Waals surface area contributed by atoms with Crippen LogP contribution in [-0.2, 0) is 11.3 Å². The standard InChI is InChI=1S/C16H14OSe/c1-17-11-14-13-9-5-6-10-15(13)18-16(14)12-7-3-2-4-8-12/h2-10H,11H2,1H3. The van der Waals surface area contributed by atoms with Crippen LogP contribution in [0, 0.1) is 0 Å². The fraction of sp³-hybridized carbons (Fsp3) is 0.125. The third-order valence-electron chi connectivity index (χ3n) is 3.02. The van der Waals surface area contributed by atoms with Crippen LogP contribution in [0.15, 0.2) is 54.6 Å². The van der Waals surface area contributed by atoms with E-state index < -0.39 is 0 Å². The first kappa shape index (κ1) is 11.7. The molecule has 0 aliphatic heterocycles. The Hall–Kier alpha value is -1.34. The van der Waals surface area contributed by atoms with E-state index >= 15 is 0 Å². The fourth-order valence-electron chi connectivity index (χ4n) is 2.21. The number of hydrogen-bond donors (Lipinski definition) is 0. The summed E-state index contributed by atoms with van der Waals surface area (Å²) in [5.41, 5.74) is 2.69. The Morgan fingerprint density at radius 1 is 0.944 bits per heavy atom. The first-order valence-electron chi connectivity index (χ1n) is 5.95. The monoisotopic (exact) mass is 302 g/mol. The topological polar surface area (TPSA) is 9.23 Å². The van der Waals surface area contributed by atoms with Gasteiger partial charge in [0, 0.05) is 0 Å². The van der Waals surface area contributed by atoms with Crippen molar-refractivity contribution in [2.24, 2.45) is 0 Å². The number of hydrogen-bond acceptors (Lipinski definition) is 1. The molecule has 1 nitrogen and oxygen atoms in total. The molecule has 0 amide bonds.